The van der Waals surface area contributed by atoms with Gasteiger partial charge < -0.3 is 14.3 Å². The van der Waals surface area contributed by atoms with Gasteiger partial charge >= 0.3 is 0 Å². The van der Waals surface area contributed by atoms with Crippen LogP contribution >= 0.6 is 63.0 Å². The van der Waals surface area contributed by atoms with Crippen LogP contribution in [0.15, 0.2) is 65.1 Å². The van der Waals surface area contributed by atoms with Crippen LogP contribution in [0.4, 0.5) is 13.2 Å². The summed E-state index contributed by atoms with van der Waals surface area (Å²) in [7, 11) is 0.500. The number of alkyl halides is 1. The molecule has 9 nitrogen and oxygen atoms in total. The summed E-state index contributed by atoms with van der Waals surface area (Å²) in [6.07, 6.45) is 15.0. The molecule has 6 fully saturated rings. The molecule has 0 aromatic heterocycles. The van der Waals surface area contributed by atoms with Gasteiger partial charge in [0.05, 0.1) is 31.5 Å². The number of hydrogen-bond donors (Lipinski definition) is 2. The zero-order valence-electron chi connectivity index (χ0n) is 41.1. The maximum Gasteiger partial charge on any atom is 0.264 e. The number of ether oxygens (including phenoxy) is 2. The molecule has 2 aliphatic heterocycles. The van der Waals surface area contributed by atoms with E-state index >= 15 is 0 Å². The molecule has 0 bridgehead atoms. The molecule has 2 heterocycles. The third-order valence-corrected chi connectivity index (χ3v) is 16.7. The highest BCUT2D eigenvalue weighted by Crippen LogP contribution is 2.47. The summed E-state index contributed by atoms with van der Waals surface area (Å²) in [4.78, 5) is 37.6. The smallest absolute Gasteiger partial charge is 0.264 e. The van der Waals surface area contributed by atoms with Crippen molar-refractivity contribution < 1.29 is 37.0 Å². The second-order valence-corrected chi connectivity index (χ2v) is 23.0. The molecular weight excluding hydrogens is 1070 g/mol. The van der Waals surface area contributed by atoms with Crippen molar-refractivity contribution in [3.05, 3.63) is 126 Å². The summed E-state index contributed by atoms with van der Waals surface area (Å²) in [6, 6.07) is 18.9. The first-order valence-corrected chi connectivity index (χ1v) is 28.7. The SMILES string of the molecule is C=O.CF.CSNC(=O)c1cc(C2CC2)c(OCC2CCN(Cc3ccc(C4CC4)cc3Cl)CC2)cc1F.O=C(NSC1CC1)c1cc(C2CC2)c(OCC2CCN(Cc3ccc(Br)cc3Cl)CC2)cc1F. The predicted octanol–water partition coefficient (Wildman–Crippen LogP) is 13.9. The lowest BCUT2D eigenvalue weighted by Gasteiger charge is -2.32. The van der Waals surface area contributed by atoms with Crippen LogP contribution in [0.2, 0.25) is 10.0 Å². The molecule has 2 amide bonds. The molecule has 17 heteroatoms. The molecular formula is C55H66BrCl2F3N4O5S2. The van der Waals surface area contributed by atoms with Gasteiger partial charge in [-0.25, -0.2) is 8.78 Å². The lowest BCUT2D eigenvalue weighted by Crippen LogP contribution is -2.35. The van der Waals surface area contributed by atoms with Crippen molar-refractivity contribution in [1.82, 2.24) is 19.2 Å². The summed E-state index contributed by atoms with van der Waals surface area (Å²) in [5, 5.41) is 2.16. The highest BCUT2D eigenvalue weighted by molar-refractivity contribution is 9.10. The van der Waals surface area contributed by atoms with Crippen molar-refractivity contribution in [3.8, 4) is 11.5 Å². The number of rotatable bonds is 18. The van der Waals surface area contributed by atoms with E-state index in [4.69, 9.17) is 37.5 Å². The normalized spacial score (nSPS) is 18.3. The van der Waals surface area contributed by atoms with E-state index in [9.17, 15) is 22.8 Å². The van der Waals surface area contributed by atoms with Gasteiger partial charge in [0.15, 0.2) is 0 Å². The number of benzene rings is 4. The Labute approximate surface area is 450 Å². The van der Waals surface area contributed by atoms with Crippen molar-refractivity contribution in [1.29, 1.82) is 0 Å². The Kier molecular flexibility index (Phi) is 21.4. The van der Waals surface area contributed by atoms with E-state index in [0.29, 0.717) is 60.8 Å². The Bertz CT molecular complexity index is 2470. The van der Waals surface area contributed by atoms with Crippen LogP contribution in [0.1, 0.15) is 143 Å². The van der Waals surface area contributed by atoms with Crippen molar-refractivity contribution in [3.63, 3.8) is 0 Å². The zero-order valence-corrected chi connectivity index (χ0v) is 45.8. The fourth-order valence-corrected chi connectivity index (χ4v) is 11.3. The summed E-state index contributed by atoms with van der Waals surface area (Å²) in [5.74, 6) is 1.78. The molecule has 4 aromatic carbocycles. The number of piperidine rings is 2. The van der Waals surface area contributed by atoms with E-state index < -0.39 is 17.5 Å². The highest BCUT2D eigenvalue weighted by atomic mass is 79.9. The Hall–Kier alpha value is -3.44. The first-order chi connectivity index (χ1) is 35.0. The molecule has 4 aromatic rings. The van der Waals surface area contributed by atoms with E-state index in [1.165, 1.54) is 60.0 Å². The summed E-state index contributed by atoms with van der Waals surface area (Å²) in [6.45, 7) is 8.88. The standard InChI is InChI=1S/C27H32ClFN2O2S.C26H29BrClFN2O2S.CH3F.CH2O/c1-34-30-27(32)23-13-22(19-4-5-19)26(14-25(23)29)33-16-17-8-10-31(11-9-17)15-21-7-6-20(12-24(21)28)18-2-3-18;27-19-4-3-18(23(28)11-19)14-31-9-7-16(8-10-31)15-33-25-13-24(29)22(12-21(25)17-1-2-17)26(32)30-34-20-5-6-20;2*1-2/h6-7,12-14,17-19H,2-5,8-11,15-16H2,1H3,(H,30,32);3-4,11-13,16-17,20H,1-2,5-10,14-15H2,(H,30,32);1H3;1H2. The fraction of sp³-hybridized carbons (Fsp3) is 0.509. The van der Waals surface area contributed by atoms with Crippen molar-refractivity contribution in [2.24, 2.45) is 11.8 Å². The number of carbonyl (C=O) groups is 3. The fourth-order valence-electron chi connectivity index (χ4n) is 9.23. The van der Waals surface area contributed by atoms with E-state index in [2.05, 4.69) is 59.4 Å². The van der Waals surface area contributed by atoms with E-state index in [-0.39, 0.29) is 17.0 Å². The molecule has 0 spiro atoms. The van der Waals surface area contributed by atoms with Gasteiger partial charge in [0.1, 0.15) is 29.9 Å². The molecule has 0 atom stereocenters. The Morgan fingerprint density at radius 3 is 1.50 bits per heavy atom. The van der Waals surface area contributed by atoms with E-state index in [0.717, 1.165) is 141 Å². The molecule has 2 saturated heterocycles. The van der Waals surface area contributed by atoms with Crippen molar-refractivity contribution in [2.45, 2.75) is 113 Å². The first-order valence-electron chi connectivity index (χ1n) is 25.0. The minimum absolute atomic E-state index is 0.0979. The van der Waals surface area contributed by atoms with Crippen LogP contribution in [0, 0.1) is 23.5 Å². The molecule has 4 saturated carbocycles. The molecule has 6 aliphatic rings. The predicted molar refractivity (Wildman–Crippen MR) is 290 cm³/mol. The average molecular weight is 1140 g/mol. The molecule has 2 N–H and O–H groups in total. The maximum atomic E-state index is 14.8. The lowest BCUT2D eigenvalue weighted by atomic mass is 9.97. The van der Waals surface area contributed by atoms with Gasteiger partial charge in [-0.2, -0.15) is 0 Å². The third-order valence-electron chi connectivity index (χ3n) is 14.1. The lowest BCUT2D eigenvalue weighted by molar-refractivity contribution is -0.0980. The zero-order chi connectivity index (χ0) is 51.3. The molecule has 0 radical (unpaired) electrons. The number of halogens is 6. The number of hydrogen-bond acceptors (Lipinski definition) is 9. The molecule has 390 valence electrons. The minimum atomic E-state index is -0.523. The average Bonchev–Trinajstić information content (AvgIpc) is 4.17. The van der Waals surface area contributed by atoms with Crippen molar-refractivity contribution >= 4 is 81.6 Å². The molecule has 72 heavy (non-hydrogen) atoms. The van der Waals surface area contributed by atoms with Crippen LogP contribution in [-0.2, 0) is 17.9 Å². The second-order valence-electron chi connectivity index (χ2n) is 19.6. The number of amides is 2. The Morgan fingerprint density at radius 1 is 0.639 bits per heavy atom. The van der Waals surface area contributed by atoms with Crippen LogP contribution in [0.3, 0.4) is 0 Å². The van der Waals surface area contributed by atoms with Gasteiger partial charge in [-0.15, -0.1) is 0 Å². The monoisotopic (exact) mass is 1130 g/mol. The van der Waals surface area contributed by atoms with Crippen LogP contribution < -0.4 is 18.9 Å². The summed E-state index contributed by atoms with van der Waals surface area (Å²) < 4.78 is 57.7. The molecule has 0 unspecified atom stereocenters. The second kappa shape index (κ2) is 27.4. The quantitative estimate of drug-likeness (QED) is 0.0944. The number of nitrogens with zero attached hydrogens (tertiary/aromatic N) is 2. The van der Waals surface area contributed by atoms with Crippen LogP contribution in [0.5, 0.6) is 11.5 Å². The third kappa shape index (κ3) is 16.3. The first kappa shape index (κ1) is 56.3. The Balaban J connectivity index is 0.000000198. The van der Waals surface area contributed by atoms with Gasteiger partial charge in [-0.1, -0.05) is 69.3 Å². The number of carbonyl (C=O) groups excluding carboxylic acids is 3. The van der Waals surface area contributed by atoms with Gasteiger partial charge in [0.2, 0.25) is 0 Å². The highest BCUT2D eigenvalue weighted by Gasteiger charge is 2.33. The number of likely N-dealkylation sites (tertiary alicyclic amines) is 2. The largest absolute Gasteiger partial charge is 0.493 e. The van der Waals surface area contributed by atoms with Crippen LogP contribution in [0.25, 0.3) is 0 Å². The van der Waals surface area contributed by atoms with Gasteiger partial charge in [0, 0.05) is 51.2 Å². The van der Waals surface area contributed by atoms with Gasteiger partial charge in [-0.05, 0) is 203 Å². The summed E-state index contributed by atoms with van der Waals surface area (Å²) in [5.41, 5.74) is 5.90. The van der Waals surface area contributed by atoms with Crippen LogP contribution in [-0.4, -0.2) is 86.5 Å². The minimum Gasteiger partial charge on any atom is -0.493 e. The van der Waals surface area contributed by atoms with E-state index in [1.54, 1.807) is 18.4 Å². The van der Waals surface area contributed by atoms with Gasteiger partial charge in [0.25, 0.3) is 11.8 Å². The molecule has 10 rings (SSSR count). The number of nitrogens with one attached hydrogen (secondary N) is 2. The topological polar surface area (TPSA) is 100 Å². The summed E-state index contributed by atoms with van der Waals surface area (Å²) >= 11 is 19.0. The maximum absolute atomic E-state index is 14.8. The van der Waals surface area contributed by atoms with Gasteiger partial charge in [-0.3, -0.25) is 33.2 Å². The molecule has 4 aliphatic carbocycles. The Morgan fingerprint density at radius 2 is 1.08 bits per heavy atom. The van der Waals surface area contributed by atoms with Crippen molar-refractivity contribution in [2.75, 3.05) is 52.8 Å². The van der Waals surface area contributed by atoms with E-state index in [1.807, 2.05) is 18.9 Å².